The van der Waals surface area contributed by atoms with Gasteiger partial charge >= 0.3 is 23.9 Å². The van der Waals surface area contributed by atoms with E-state index in [0.717, 1.165) is 0 Å². The van der Waals surface area contributed by atoms with Crippen LogP contribution in [-0.4, -0.2) is 35.2 Å². The molecule has 1 aromatic carbocycles. The Morgan fingerprint density at radius 1 is 0.920 bits per heavy atom. The van der Waals surface area contributed by atoms with Crippen LogP contribution in [0.3, 0.4) is 0 Å². The summed E-state index contributed by atoms with van der Waals surface area (Å²) in [7, 11) is 0. The first-order valence-corrected chi connectivity index (χ1v) is 6.77. The van der Waals surface area contributed by atoms with Gasteiger partial charge in [0.2, 0.25) is 5.91 Å². The van der Waals surface area contributed by atoms with Gasteiger partial charge in [0.25, 0.3) is 0 Å². The molecule has 0 aliphatic rings. The number of nitrogens with one attached hydrogen (secondary N) is 1. The number of amides is 1. The molecule has 0 bridgehead atoms. The van der Waals surface area contributed by atoms with Crippen LogP contribution >= 0.6 is 11.6 Å². The van der Waals surface area contributed by atoms with Crippen molar-refractivity contribution in [3.63, 3.8) is 0 Å². The summed E-state index contributed by atoms with van der Waals surface area (Å²) >= 11 is 5.18. The smallest absolute Gasteiger partial charge is 0.325 e. The van der Waals surface area contributed by atoms with Crippen molar-refractivity contribution in [1.29, 1.82) is 0 Å². The van der Waals surface area contributed by atoms with Gasteiger partial charge in [0.15, 0.2) is 0 Å². The molecule has 25 heavy (non-hydrogen) atoms. The number of hydrogen-bond acceptors (Lipinski definition) is 1. The zero-order chi connectivity index (χ0) is 19.7. The van der Waals surface area contributed by atoms with Crippen LogP contribution in [0.5, 0.6) is 0 Å². The Kier molecular flexibility index (Phi) is 5.93. The van der Waals surface area contributed by atoms with Crippen molar-refractivity contribution in [2.45, 2.75) is 35.7 Å². The maximum Gasteiger partial charge on any atom is 0.460 e. The van der Waals surface area contributed by atoms with E-state index in [2.05, 4.69) is 0 Å². The molecule has 12 heteroatoms. The number of para-hydroxylation sites is 1. The number of carbonyl (C=O) groups excluding carboxylic acids is 1. The Morgan fingerprint density at radius 3 is 1.84 bits per heavy atom. The third-order valence-electron chi connectivity index (χ3n) is 2.97. The molecule has 0 fully saturated rings. The van der Waals surface area contributed by atoms with Gasteiger partial charge in [-0.3, -0.25) is 4.79 Å². The van der Waals surface area contributed by atoms with Gasteiger partial charge in [0.1, 0.15) is 5.38 Å². The number of rotatable bonds is 6. The standard InChI is InChI=1S/C13H9ClF9NO/c14-8(9(25)24-7-4-2-1-3-5-7)6-10(15,16)11(17,18)12(19,20)13(21,22)23/h1-5,8H,6H2,(H,24,25). The molecule has 0 aromatic heterocycles. The van der Waals surface area contributed by atoms with E-state index in [1.807, 2.05) is 5.32 Å². The van der Waals surface area contributed by atoms with E-state index in [0.29, 0.717) is 0 Å². The average Bonchev–Trinajstić information content (AvgIpc) is 2.46. The van der Waals surface area contributed by atoms with Crippen molar-refractivity contribution in [1.82, 2.24) is 0 Å². The van der Waals surface area contributed by atoms with Gasteiger partial charge in [0, 0.05) is 12.1 Å². The van der Waals surface area contributed by atoms with Crippen molar-refractivity contribution >= 4 is 23.2 Å². The summed E-state index contributed by atoms with van der Waals surface area (Å²) in [5, 5.41) is -0.569. The lowest BCUT2D eigenvalue weighted by Gasteiger charge is -2.34. The molecule has 0 radical (unpaired) electrons. The molecule has 1 unspecified atom stereocenters. The molecular formula is C13H9ClF9NO. The SMILES string of the molecule is O=C(Nc1ccccc1)C(Cl)CC(F)(F)C(F)(F)C(F)(F)C(F)(F)F. The highest BCUT2D eigenvalue weighted by atomic mass is 35.5. The van der Waals surface area contributed by atoms with Crippen LogP contribution in [-0.2, 0) is 4.79 Å². The molecule has 142 valence electrons. The molecular weight excluding hydrogens is 393 g/mol. The minimum Gasteiger partial charge on any atom is -0.325 e. The molecule has 0 aliphatic heterocycles. The molecule has 1 aromatic rings. The average molecular weight is 402 g/mol. The second kappa shape index (κ2) is 6.93. The minimum absolute atomic E-state index is 0.0221. The molecule has 0 spiro atoms. The van der Waals surface area contributed by atoms with Gasteiger partial charge < -0.3 is 5.32 Å². The van der Waals surface area contributed by atoms with E-state index in [1.54, 1.807) is 0 Å². The zero-order valence-electron chi connectivity index (χ0n) is 11.9. The highest BCUT2D eigenvalue weighted by Gasteiger charge is 2.81. The van der Waals surface area contributed by atoms with Gasteiger partial charge in [-0.25, -0.2) is 0 Å². The van der Waals surface area contributed by atoms with Crippen LogP contribution in [0.4, 0.5) is 45.2 Å². The topological polar surface area (TPSA) is 29.1 Å². The predicted octanol–water partition coefficient (Wildman–Crippen LogP) is 5.09. The van der Waals surface area contributed by atoms with Crippen molar-refractivity contribution < 1.29 is 44.3 Å². The molecule has 1 N–H and O–H groups in total. The van der Waals surface area contributed by atoms with Gasteiger partial charge in [-0.1, -0.05) is 18.2 Å². The molecule has 0 saturated heterocycles. The van der Waals surface area contributed by atoms with Crippen LogP contribution in [0.15, 0.2) is 30.3 Å². The second-order valence-electron chi connectivity index (χ2n) is 4.88. The predicted molar refractivity (Wildman–Crippen MR) is 70.2 cm³/mol. The summed E-state index contributed by atoms with van der Waals surface area (Å²) in [5.74, 6) is -21.2. The summed E-state index contributed by atoms with van der Waals surface area (Å²) in [6, 6.07) is 6.87. The number of benzene rings is 1. The first-order valence-electron chi connectivity index (χ1n) is 6.33. The highest BCUT2D eigenvalue weighted by molar-refractivity contribution is 6.32. The number of anilines is 1. The van der Waals surface area contributed by atoms with Crippen LogP contribution in [0, 0.1) is 0 Å². The molecule has 1 amide bonds. The lowest BCUT2D eigenvalue weighted by atomic mass is 9.99. The van der Waals surface area contributed by atoms with Crippen LogP contribution < -0.4 is 5.32 Å². The van der Waals surface area contributed by atoms with E-state index < -0.39 is 41.6 Å². The van der Waals surface area contributed by atoms with Gasteiger partial charge in [-0.15, -0.1) is 11.6 Å². The monoisotopic (exact) mass is 401 g/mol. The lowest BCUT2D eigenvalue weighted by Crippen LogP contribution is -2.61. The zero-order valence-corrected chi connectivity index (χ0v) is 12.6. The molecule has 0 heterocycles. The summed E-state index contributed by atoms with van der Waals surface area (Å²) in [5.41, 5.74) is 0.0221. The van der Waals surface area contributed by atoms with E-state index >= 15 is 0 Å². The van der Waals surface area contributed by atoms with Crippen molar-refractivity contribution in [2.75, 3.05) is 5.32 Å². The van der Waals surface area contributed by atoms with Crippen molar-refractivity contribution in [3.8, 4) is 0 Å². The molecule has 1 rings (SSSR count). The number of carbonyl (C=O) groups is 1. The highest BCUT2D eigenvalue weighted by Crippen LogP contribution is 2.54. The first kappa shape index (κ1) is 21.4. The van der Waals surface area contributed by atoms with Crippen LogP contribution in [0.2, 0.25) is 0 Å². The summed E-state index contributed by atoms with van der Waals surface area (Å²) in [6.07, 6.45) is -9.36. The van der Waals surface area contributed by atoms with E-state index in [9.17, 15) is 44.3 Å². The first-order chi connectivity index (χ1) is 11.1. The maximum absolute atomic E-state index is 13.4. The Labute approximate surface area is 139 Å². The quantitative estimate of drug-likeness (QED) is 0.522. The van der Waals surface area contributed by atoms with E-state index in [1.165, 1.54) is 30.3 Å². The van der Waals surface area contributed by atoms with E-state index in [-0.39, 0.29) is 5.69 Å². The number of alkyl halides is 10. The minimum atomic E-state index is -7.02. The third-order valence-corrected chi connectivity index (χ3v) is 3.32. The Morgan fingerprint density at radius 2 is 1.40 bits per heavy atom. The van der Waals surface area contributed by atoms with Gasteiger partial charge in [0.05, 0.1) is 0 Å². The normalized spacial score (nSPS) is 15.0. The largest absolute Gasteiger partial charge is 0.460 e. The van der Waals surface area contributed by atoms with Gasteiger partial charge in [-0.2, -0.15) is 39.5 Å². The van der Waals surface area contributed by atoms with Crippen LogP contribution in [0.1, 0.15) is 6.42 Å². The summed E-state index contributed by atoms with van der Waals surface area (Å²) in [6.45, 7) is 0. The van der Waals surface area contributed by atoms with Crippen molar-refractivity contribution in [3.05, 3.63) is 30.3 Å². The Bertz CT molecular complexity index is 603. The Balaban J connectivity index is 2.93. The molecule has 1 atom stereocenters. The van der Waals surface area contributed by atoms with E-state index in [4.69, 9.17) is 11.6 Å². The third kappa shape index (κ3) is 4.31. The summed E-state index contributed by atoms with van der Waals surface area (Å²) < 4.78 is 114. The fraction of sp³-hybridized carbons (Fsp3) is 0.462. The molecule has 2 nitrogen and oxygen atoms in total. The molecule has 0 saturated carbocycles. The second-order valence-corrected chi connectivity index (χ2v) is 5.40. The number of hydrogen-bond donors (Lipinski definition) is 1. The fourth-order valence-electron chi connectivity index (χ4n) is 1.60. The number of halogens is 10. The molecule has 0 aliphatic carbocycles. The van der Waals surface area contributed by atoms with Crippen molar-refractivity contribution in [2.24, 2.45) is 0 Å². The maximum atomic E-state index is 13.4. The summed E-state index contributed by atoms with van der Waals surface area (Å²) in [4.78, 5) is 11.5. The van der Waals surface area contributed by atoms with Crippen LogP contribution in [0.25, 0.3) is 0 Å². The fourth-order valence-corrected chi connectivity index (χ4v) is 1.84. The van der Waals surface area contributed by atoms with Gasteiger partial charge in [-0.05, 0) is 12.1 Å². The Hall–Kier alpha value is -1.65. The lowest BCUT2D eigenvalue weighted by molar-refractivity contribution is -0.396.